The van der Waals surface area contributed by atoms with Crippen LogP contribution in [0.25, 0.3) is 32.9 Å². The van der Waals surface area contributed by atoms with Gasteiger partial charge in [0.1, 0.15) is 27.4 Å². The summed E-state index contributed by atoms with van der Waals surface area (Å²) in [6.07, 6.45) is 0. The van der Waals surface area contributed by atoms with Crippen LogP contribution in [-0.2, 0) is 4.74 Å². The Kier molecular flexibility index (Phi) is 4.31. The molecule has 1 amide bonds. The van der Waals surface area contributed by atoms with E-state index in [1.165, 1.54) is 11.3 Å². The zero-order chi connectivity index (χ0) is 20.8. The Balaban J connectivity index is 1.78. The molecule has 0 saturated carbocycles. The number of aromatic nitrogens is 1. The maximum Gasteiger partial charge on any atom is 0.259 e. The first-order valence-corrected chi connectivity index (χ1v) is 10.2. The number of primary amides is 1. The number of hydrogen-bond acceptors (Lipinski definition) is 8. The van der Waals surface area contributed by atoms with Crippen LogP contribution in [0.1, 0.15) is 15.2 Å². The number of hydrogen-bond donors (Lipinski definition) is 2. The Morgan fingerprint density at radius 1 is 1.27 bits per heavy atom. The van der Waals surface area contributed by atoms with Gasteiger partial charge >= 0.3 is 0 Å². The minimum absolute atomic E-state index is 0.293. The Morgan fingerprint density at radius 3 is 2.80 bits per heavy atom. The number of rotatable bonds is 3. The summed E-state index contributed by atoms with van der Waals surface area (Å²) >= 11 is 1.17. The van der Waals surface area contributed by atoms with Crippen molar-refractivity contribution in [2.24, 2.45) is 5.73 Å². The molecule has 2 aromatic rings. The molecule has 5 rings (SSSR count). The van der Waals surface area contributed by atoms with Gasteiger partial charge in [0, 0.05) is 24.0 Å². The molecule has 0 bridgehead atoms. The number of nitrogens with zero attached hydrogens (tertiary/aromatic N) is 3. The fourth-order valence-corrected chi connectivity index (χ4v) is 4.74. The number of carbonyl (C=O) groups excluding carboxylic acids is 1. The number of carbonyl (C=O) groups is 1. The van der Waals surface area contributed by atoms with Crippen LogP contribution < -0.4 is 16.4 Å². The lowest BCUT2D eigenvalue weighted by atomic mass is 10.0. The molecule has 3 aliphatic rings. The van der Waals surface area contributed by atoms with E-state index < -0.39 is 5.91 Å². The molecule has 0 spiro atoms. The van der Waals surface area contributed by atoms with Gasteiger partial charge in [0.05, 0.1) is 30.0 Å². The van der Waals surface area contributed by atoms with Crippen molar-refractivity contribution in [1.29, 1.82) is 5.26 Å². The van der Waals surface area contributed by atoms with E-state index in [2.05, 4.69) is 6.07 Å². The highest BCUT2D eigenvalue weighted by atomic mass is 32.1. The minimum Gasteiger partial charge on any atom is -0.454 e. The zero-order valence-corrected chi connectivity index (χ0v) is 16.7. The quantitative estimate of drug-likeness (QED) is 0.522. The molecule has 2 aliphatic heterocycles. The average molecular weight is 419 g/mol. The third kappa shape index (κ3) is 2.85. The van der Waals surface area contributed by atoms with Crippen molar-refractivity contribution < 1.29 is 13.9 Å². The second-order valence-corrected chi connectivity index (χ2v) is 7.97. The summed E-state index contributed by atoms with van der Waals surface area (Å²) in [6, 6.07) is 11.3. The minimum atomic E-state index is -0.600. The van der Waals surface area contributed by atoms with E-state index in [4.69, 9.17) is 25.6 Å². The lowest BCUT2D eigenvalue weighted by Crippen LogP contribution is -2.37. The highest BCUT2D eigenvalue weighted by Gasteiger charge is 2.26. The molecule has 0 radical (unpaired) electrons. The fraction of sp³-hybridized carbons (Fsp3) is 0.190. The zero-order valence-electron chi connectivity index (χ0n) is 15.8. The predicted octanol–water partition coefficient (Wildman–Crippen LogP) is 3.05. The van der Waals surface area contributed by atoms with E-state index in [1.807, 2.05) is 23.1 Å². The molecule has 150 valence electrons. The number of thiophene rings is 1. The van der Waals surface area contributed by atoms with Crippen molar-refractivity contribution in [3.8, 4) is 28.7 Å². The molecule has 1 saturated heterocycles. The first kappa shape index (κ1) is 18.4. The summed E-state index contributed by atoms with van der Waals surface area (Å²) in [5.74, 6) is 0.969. The number of nitriles is 1. The van der Waals surface area contributed by atoms with E-state index >= 15 is 0 Å². The molecule has 1 fully saturated rings. The van der Waals surface area contributed by atoms with Crippen LogP contribution >= 0.6 is 11.3 Å². The monoisotopic (exact) mass is 419 g/mol. The number of fused-ring (bicyclic) bond motifs is 2. The number of nitrogen functional groups attached to an aromatic ring is 1. The van der Waals surface area contributed by atoms with E-state index in [0.717, 1.165) is 5.56 Å². The Morgan fingerprint density at radius 2 is 2.07 bits per heavy atom. The second kappa shape index (κ2) is 7.02. The number of nitrogens with two attached hydrogens (primary N) is 2. The van der Waals surface area contributed by atoms with Gasteiger partial charge < -0.3 is 25.5 Å². The van der Waals surface area contributed by atoms with Crippen molar-refractivity contribution in [2.75, 3.05) is 36.9 Å². The van der Waals surface area contributed by atoms with Gasteiger partial charge in [-0.2, -0.15) is 5.26 Å². The summed E-state index contributed by atoms with van der Waals surface area (Å²) in [5.41, 5.74) is 14.1. The molecule has 4 heterocycles. The van der Waals surface area contributed by atoms with Crippen molar-refractivity contribution in [2.45, 2.75) is 0 Å². The smallest absolute Gasteiger partial charge is 0.259 e. The molecule has 9 heteroatoms. The number of morpholine rings is 1. The molecule has 8 nitrogen and oxygen atoms in total. The summed E-state index contributed by atoms with van der Waals surface area (Å²) in [5, 5.41) is 10.4. The second-order valence-electron chi connectivity index (χ2n) is 6.97. The van der Waals surface area contributed by atoms with Crippen LogP contribution in [0.2, 0.25) is 0 Å². The first-order chi connectivity index (χ1) is 14.6. The van der Waals surface area contributed by atoms with E-state index in [9.17, 15) is 10.1 Å². The number of amides is 1. The SMILES string of the molecule is N#Cc1cc2c(-c3oc4cccc-4cc3N)c(C(N)=O)sc2nc1N1CCOCC1. The Bertz CT molecular complexity index is 1300. The van der Waals surface area contributed by atoms with Crippen LogP contribution in [0, 0.1) is 11.3 Å². The maximum atomic E-state index is 12.3. The third-order valence-corrected chi connectivity index (χ3v) is 6.25. The standard InChI is InChI=1S/C21H17N5O3S/c22-10-12-8-13-16(17-14(23)9-11-2-1-3-15(11)29-17)18(19(24)27)30-21(13)25-20(12)26-4-6-28-7-5-26/h1-3,8-9H,4-7,23H2,(H2,24,27). The van der Waals surface area contributed by atoms with Crippen LogP contribution in [-0.4, -0.2) is 37.2 Å². The van der Waals surface area contributed by atoms with Gasteiger partial charge in [0.2, 0.25) is 0 Å². The van der Waals surface area contributed by atoms with Gasteiger partial charge in [-0.05, 0) is 18.2 Å². The van der Waals surface area contributed by atoms with Crippen LogP contribution in [0.5, 0.6) is 0 Å². The van der Waals surface area contributed by atoms with Gasteiger partial charge in [-0.1, -0.05) is 12.1 Å². The lowest BCUT2D eigenvalue weighted by Gasteiger charge is -2.28. The maximum absolute atomic E-state index is 12.3. The first-order valence-electron chi connectivity index (χ1n) is 9.35. The van der Waals surface area contributed by atoms with E-state index in [1.54, 1.807) is 12.1 Å². The highest BCUT2D eigenvalue weighted by molar-refractivity contribution is 7.21. The van der Waals surface area contributed by atoms with E-state index in [-0.39, 0.29) is 0 Å². The Hall–Kier alpha value is -3.61. The van der Waals surface area contributed by atoms with Crippen molar-refractivity contribution in [3.05, 3.63) is 40.8 Å². The van der Waals surface area contributed by atoms with Gasteiger partial charge in [-0.3, -0.25) is 4.79 Å². The van der Waals surface area contributed by atoms with Gasteiger partial charge in [0.25, 0.3) is 5.91 Å². The molecule has 4 N–H and O–H groups in total. The Labute approximate surface area is 175 Å². The normalized spacial score (nSPS) is 14.3. The van der Waals surface area contributed by atoms with Crippen LogP contribution in [0.3, 0.4) is 0 Å². The molecule has 2 aromatic heterocycles. The van der Waals surface area contributed by atoms with Crippen molar-refractivity contribution >= 4 is 39.0 Å². The number of pyridine rings is 1. The number of anilines is 2. The van der Waals surface area contributed by atoms with Crippen LogP contribution in [0.4, 0.5) is 11.5 Å². The van der Waals surface area contributed by atoms with E-state index in [0.29, 0.717) is 75.5 Å². The molecule has 30 heavy (non-hydrogen) atoms. The molecule has 0 aromatic carbocycles. The summed E-state index contributed by atoms with van der Waals surface area (Å²) in [4.78, 5) is 19.9. The van der Waals surface area contributed by atoms with Gasteiger partial charge in [-0.15, -0.1) is 11.3 Å². The fourth-order valence-electron chi connectivity index (χ4n) is 3.74. The van der Waals surface area contributed by atoms with Crippen molar-refractivity contribution in [1.82, 2.24) is 4.98 Å². The van der Waals surface area contributed by atoms with Gasteiger partial charge in [-0.25, -0.2) is 4.98 Å². The molecular weight excluding hydrogens is 402 g/mol. The lowest BCUT2D eigenvalue weighted by molar-refractivity contribution is 0.100. The molecule has 1 aliphatic carbocycles. The summed E-state index contributed by atoms with van der Waals surface area (Å²) in [6.45, 7) is 2.43. The molecular formula is C21H17N5O3S. The summed E-state index contributed by atoms with van der Waals surface area (Å²) < 4.78 is 11.4. The summed E-state index contributed by atoms with van der Waals surface area (Å²) in [7, 11) is 0. The molecule has 0 atom stereocenters. The predicted molar refractivity (Wildman–Crippen MR) is 115 cm³/mol. The third-order valence-electron chi connectivity index (χ3n) is 5.14. The van der Waals surface area contributed by atoms with Gasteiger partial charge in [0.15, 0.2) is 5.76 Å². The number of ether oxygens (including phenoxy) is 1. The van der Waals surface area contributed by atoms with Crippen molar-refractivity contribution in [3.63, 3.8) is 0 Å². The average Bonchev–Trinajstić information content (AvgIpc) is 3.36. The molecule has 0 unspecified atom stereocenters. The largest absolute Gasteiger partial charge is 0.454 e. The topological polar surface area (TPSA) is 131 Å². The highest BCUT2D eigenvalue weighted by Crippen LogP contribution is 2.44. The van der Waals surface area contributed by atoms with Crippen LogP contribution in [0.15, 0.2) is 34.7 Å².